The van der Waals surface area contributed by atoms with E-state index in [-0.39, 0.29) is 0 Å². The Labute approximate surface area is 165 Å². The van der Waals surface area contributed by atoms with E-state index in [4.69, 9.17) is 0 Å². The van der Waals surface area contributed by atoms with Crippen LogP contribution in [0.1, 0.15) is 16.7 Å². The van der Waals surface area contributed by atoms with Gasteiger partial charge in [-0.05, 0) is 28.8 Å². The first-order valence-corrected chi connectivity index (χ1v) is 10.5. The Balaban J connectivity index is 1.57. The van der Waals surface area contributed by atoms with Gasteiger partial charge in [0.15, 0.2) is 0 Å². The predicted octanol–water partition coefficient (Wildman–Crippen LogP) is 3.61. The lowest BCUT2D eigenvalue weighted by atomic mass is 10.0. The van der Waals surface area contributed by atoms with Gasteiger partial charge in [-0.1, -0.05) is 72.3 Å². The van der Waals surface area contributed by atoms with Crippen molar-refractivity contribution < 1.29 is 8.42 Å². The molecule has 0 amide bonds. The molecule has 0 aromatic heterocycles. The van der Waals surface area contributed by atoms with Crippen molar-refractivity contribution in [3.8, 4) is 0 Å². The highest BCUT2D eigenvalue weighted by Gasteiger charge is 2.19. The van der Waals surface area contributed by atoms with E-state index < -0.39 is 10.2 Å². The fourth-order valence-electron chi connectivity index (χ4n) is 3.16. The van der Waals surface area contributed by atoms with Crippen LogP contribution in [0.4, 0.5) is 0 Å². The normalized spacial score (nSPS) is 17.0. The van der Waals surface area contributed by atoms with Crippen LogP contribution in [0.25, 0.3) is 10.8 Å². The quantitative estimate of drug-likeness (QED) is 0.713. The maximum absolute atomic E-state index is 12.2. The number of hydrogen-bond acceptors (Lipinski definition) is 3. The molecule has 0 saturated carbocycles. The molecule has 5 nitrogen and oxygen atoms in total. The molecule has 3 aromatic rings. The Morgan fingerprint density at radius 1 is 0.857 bits per heavy atom. The molecule has 6 heteroatoms. The van der Waals surface area contributed by atoms with Crippen molar-refractivity contribution in [3.63, 3.8) is 0 Å². The summed E-state index contributed by atoms with van der Waals surface area (Å²) >= 11 is 0. The number of nitrogens with zero attached hydrogens (tertiary/aromatic N) is 1. The van der Waals surface area contributed by atoms with Crippen LogP contribution in [-0.4, -0.2) is 14.3 Å². The molecular weight excluding hydrogens is 370 g/mol. The maximum Gasteiger partial charge on any atom is 0.322 e. The summed E-state index contributed by atoms with van der Waals surface area (Å²) in [6.07, 6.45) is 2.24. The molecule has 0 bridgehead atoms. The Kier molecular flexibility index (Phi) is 4.88. The van der Waals surface area contributed by atoms with Gasteiger partial charge in [0.05, 0.1) is 6.54 Å². The molecule has 1 aliphatic heterocycles. The number of hydrogen-bond donors (Lipinski definition) is 2. The Morgan fingerprint density at radius 2 is 1.57 bits per heavy atom. The van der Waals surface area contributed by atoms with Gasteiger partial charge in [-0.25, -0.2) is 0 Å². The van der Waals surface area contributed by atoms with E-state index in [0.29, 0.717) is 24.5 Å². The third-order valence-electron chi connectivity index (χ3n) is 4.58. The lowest BCUT2D eigenvalue weighted by molar-refractivity contribution is 0.582. The summed E-state index contributed by atoms with van der Waals surface area (Å²) < 4.78 is 29.4. The topological polar surface area (TPSA) is 70.6 Å². The van der Waals surface area contributed by atoms with Crippen LogP contribution in [0.5, 0.6) is 0 Å². The fourth-order valence-corrected chi connectivity index (χ4v) is 4.09. The van der Waals surface area contributed by atoms with Crippen molar-refractivity contribution in [1.29, 1.82) is 0 Å². The van der Waals surface area contributed by atoms with Crippen LogP contribution < -0.4 is 9.44 Å². The van der Waals surface area contributed by atoms with Gasteiger partial charge in [-0.15, -0.1) is 0 Å². The third kappa shape index (κ3) is 4.40. The zero-order valence-electron chi connectivity index (χ0n) is 15.5. The summed E-state index contributed by atoms with van der Waals surface area (Å²) in [6.45, 7) is 2.44. The molecule has 4 rings (SSSR count). The molecule has 142 valence electrons. The van der Waals surface area contributed by atoms with E-state index in [2.05, 4.69) is 26.6 Å². The number of amidine groups is 1. The first-order chi connectivity index (χ1) is 13.5. The standard InChI is InChI=1S/C22H21N3O2S/c1-16-6-8-17(9-7-16)15-23-22-14-21(24-28(26,27)25-22)13-18-10-11-19-4-2-3-5-20(19)12-18/h2-12,14,24H,13,15H2,1H3,(H,23,25). The molecule has 0 spiro atoms. The minimum Gasteiger partial charge on any atom is -0.270 e. The van der Waals surface area contributed by atoms with Crippen molar-refractivity contribution >= 4 is 26.8 Å². The number of benzene rings is 3. The molecule has 0 saturated heterocycles. The van der Waals surface area contributed by atoms with Gasteiger partial charge in [0.25, 0.3) is 0 Å². The van der Waals surface area contributed by atoms with Gasteiger partial charge in [0.1, 0.15) is 5.84 Å². The SMILES string of the molecule is Cc1ccc(CN=C2C=C(Cc3ccc4ccccc4c3)NS(=O)(=O)N2)cc1. The third-order valence-corrected chi connectivity index (χ3v) is 5.59. The summed E-state index contributed by atoms with van der Waals surface area (Å²) in [6, 6.07) is 22.3. The number of aliphatic imine (C=N–C) groups is 1. The van der Waals surface area contributed by atoms with E-state index in [9.17, 15) is 8.42 Å². The van der Waals surface area contributed by atoms with Crippen molar-refractivity contribution in [2.45, 2.75) is 19.9 Å². The van der Waals surface area contributed by atoms with Crippen molar-refractivity contribution in [2.24, 2.45) is 4.99 Å². The average Bonchev–Trinajstić information content (AvgIpc) is 2.66. The largest absolute Gasteiger partial charge is 0.322 e. The zero-order chi connectivity index (χ0) is 19.6. The number of rotatable bonds is 4. The van der Waals surface area contributed by atoms with Gasteiger partial charge in [0, 0.05) is 18.2 Å². The highest BCUT2D eigenvalue weighted by molar-refractivity contribution is 7.88. The van der Waals surface area contributed by atoms with E-state index in [0.717, 1.165) is 21.9 Å². The number of aryl methyl sites for hydroxylation is 1. The van der Waals surface area contributed by atoms with Crippen molar-refractivity contribution in [1.82, 2.24) is 9.44 Å². The van der Waals surface area contributed by atoms with E-state index in [1.165, 1.54) is 5.56 Å². The van der Waals surface area contributed by atoms with Crippen LogP contribution in [0.3, 0.4) is 0 Å². The van der Waals surface area contributed by atoms with Gasteiger partial charge in [-0.3, -0.25) is 14.4 Å². The Bertz CT molecular complexity index is 1180. The highest BCUT2D eigenvalue weighted by Crippen LogP contribution is 2.18. The predicted molar refractivity (Wildman–Crippen MR) is 113 cm³/mol. The lowest BCUT2D eigenvalue weighted by Gasteiger charge is -2.19. The minimum absolute atomic E-state index is 0.343. The molecule has 28 heavy (non-hydrogen) atoms. The molecule has 0 atom stereocenters. The first kappa shape index (κ1) is 18.3. The molecule has 3 aromatic carbocycles. The zero-order valence-corrected chi connectivity index (χ0v) is 16.3. The number of allylic oxidation sites excluding steroid dienone is 1. The lowest BCUT2D eigenvalue weighted by Crippen LogP contribution is -2.44. The average molecular weight is 391 g/mol. The second-order valence-electron chi connectivity index (χ2n) is 6.92. The monoisotopic (exact) mass is 391 g/mol. The smallest absolute Gasteiger partial charge is 0.270 e. The summed E-state index contributed by atoms with van der Waals surface area (Å²) in [5.74, 6) is 0.343. The van der Waals surface area contributed by atoms with E-state index in [1.807, 2.05) is 61.5 Å². The molecular formula is C22H21N3O2S. The van der Waals surface area contributed by atoms with Gasteiger partial charge in [0.2, 0.25) is 0 Å². The number of nitrogens with one attached hydrogen (secondary N) is 2. The Morgan fingerprint density at radius 3 is 2.36 bits per heavy atom. The maximum atomic E-state index is 12.2. The summed E-state index contributed by atoms with van der Waals surface area (Å²) in [5.41, 5.74) is 3.83. The molecule has 0 radical (unpaired) electrons. The fraction of sp³-hybridized carbons (Fsp3) is 0.136. The van der Waals surface area contributed by atoms with E-state index in [1.54, 1.807) is 6.08 Å². The summed E-state index contributed by atoms with van der Waals surface area (Å²) in [5, 5.41) is 2.29. The molecule has 1 heterocycles. The minimum atomic E-state index is -3.65. The second kappa shape index (κ2) is 7.48. The molecule has 2 N–H and O–H groups in total. The Hall–Kier alpha value is -3.12. The van der Waals surface area contributed by atoms with Crippen LogP contribution in [-0.2, 0) is 23.2 Å². The first-order valence-electron chi connectivity index (χ1n) is 9.06. The highest BCUT2D eigenvalue weighted by atomic mass is 32.2. The van der Waals surface area contributed by atoms with Gasteiger partial charge in [-0.2, -0.15) is 8.42 Å². The summed E-state index contributed by atoms with van der Waals surface area (Å²) in [7, 11) is -3.65. The second-order valence-corrected chi connectivity index (χ2v) is 8.34. The van der Waals surface area contributed by atoms with Crippen molar-refractivity contribution in [2.75, 3.05) is 0 Å². The molecule has 0 aliphatic carbocycles. The van der Waals surface area contributed by atoms with Gasteiger partial charge < -0.3 is 0 Å². The molecule has 0 fully saturated rings. The van der Waals surface area contributed by atoms with Crippen molar-refractivity contribution in [3.05, 3.63) is 95.2 Å². The molecule has 1 aliphatic rings. The van der Waals surface area contributed by atoms with E-state index >= 15 is 0 Å². The molecule has 0 unspecified atom stereocenters. The van der Waals surface area contributed by atoms with Crippen LogP contribution >= 0.6 is 0 Å². The van der Waals surface area contributed by atoms with Gasteiger partial charge >= 0.3 is 10.2 Å². The van der Waals surface area contributed by atoms with Crippen LogP contribution in [0.2, 0.25) is 0 Å². The number of fused-ring (bicyclic) bond motifs is 1. The van der Waals surface area contributed by atoms with Crippen LogP contribution in [0.15, 0.2) is 83.5 Å². The summed E-state index contributed by atoms with van der Waals surface area (Å²) in [4.78, 5) is 4.43. The van der Waals surface area contributed by atoms with Crippen LogP contribution in [0, 0.1) is 6.92 Å².